The summed E-state index contributed by atoms with van der Waals surface area (Å²) in [6, 6.07) is 90.8. The largest absolute Gasteiger partial charge is 0.461 e. The van der Waals surface area contributed by atoms with Crippen molar-refractivity contribution in [1.82, 2.24) is 81.7 Å². The van der Waals surface area contributed by atoms with Crippen molar-refractivity contribution < 1.29 is 28.7 Å². The third-order valence-corrected chi connectivity index (χ3v) is 24.3. The Bertz CT molecular complexity index is 8100. The Morgan fingerprint density at radius 2 is 0.586 bits per heavy atom. The van der Waals surface area contributed by atoms with Gasteiger partial charge in [0.25, 0.3) is 5.91 Å². The number of para-hydroxylation sites is 4. The van der Waals surface area contributed by atoms with Gasteiger partial charge in [0, 0.05) is 42.8 Å². The average Bonchev–Trinajstić information content (AvgIpc) is 1.57. The van der Waals surface area contributed by atoms with Gasteiger partial charge in [0.1, 0.15) is 27.8 Å². The molecular weight excluding hydrogens is 1760 g/mol. The van der Waals surface area contributed by atoms with Crippen LogP contribution in [0.25, 0.3) is 113 Å². The van der Waals surface area contributed by atoms with Crippen LogP contribution in [-0.2, 0) is 36.2 Å². The molecule has 11 aromatic carbocycles. The molecule has 1 amide bonds. The van der Waals surface area contributed by atoms with Gasteiger partial charge in [-0.2, -0.15) is 0 Å². The maximum atomic E-state index is 14.1. The summed E-state index contributed by atoms with van der Waals surface area (Å²) in [6.45, 7) is 22.9. The van der Waals surface area contributed by atoms with E-state index in [1.807, 2.05) is 347 Å². The molecule has 1 N–H and O–H groups in total. The topological polar surface area (TPSA) is 310 Å². The zero-order valence-electron chi connectivity index (χ0n) is 80.4. The van der Waals surface area contributed by atoms with Gasteiger partial charge in [-0.25, -0.2) is 86.9 Å². The fourth-order valence-electron chi connectivity index (χ4n) is 16.7. The number of imidazole rings is 4. The highest BCUT2D eigenvalue weighted by Gasteiger charge is 2.32. The molecule has 19 rings (SSSR count). The van der Waals surface area contributed by atoms with Crippen molar-refractivity contribution in [2.45, 2.75) is 128 Å². The number of esters is 2. The maximum absolute atomic E-state index is 14.1. The first-order valence-corrected chi connectivity index (χ1v) is 46.7. The second-order valence-electron chi connectivity index (χ2n) is 34.4. The number of aryl methyl sites for hydroxylation is 9. The second-order valence-corrected chi connectivity index (χ2v) is 34.4. The van der Waals surface area contributed by atoms with E-state index in [1.165, 1.54) is 16.2 Å². The average molecular weight is 1860 g/mol. The van der Waals surface area contributed by atoms with Crippen LogP contribution in [0.15, 0.2) is 304 Å². The number of nitrogens with one attached hydrogen (secondary N) is 1. The third kappa shape index (κ3) is 20.3. The van der Waals surface area contributed by atoms with E-state index in [2.05, 4.69) is 22.2 Å². The molecule has 0 radical (unpaired) electrons. The summed E-state index contributed by atoms with van der Waals surface area (Å²) in [7, 11) is 3.17. The molecule has 0 unspecified atom stereocenters. The molecule has 0 aliphatic carbocycles. The predicted molar refractivity (Wildman–Crippen MR) is 548 cm³/mol. The van der Waals surface area contributed by atoms with Crippen LogP contribution in [0.2, 0.25) is 0 Å². The summed E-state index contributed by atoms with van der Waals surface area (Å²) in [6.07, 6.45) is 3.65. The van der Waals surface area contributed by atoms with E-state index in [9.17, 15) is 38.4 Å². The zero-order chi connectivity index (χ0) is 98.5. The van der Waals surface area contributed by atoms with Gasteiger partial charge in [-0.05, 0) is 138 Å². The van der Waals surface area contributed by atoms with E-state index in [4.69, 9.17) is 39.4 Å². The molecule has 8 heterocycles. The Labute approximate surface area is 808 Å². The highest BCUT2D eigenvalue weighted by Crippen LogP contribution is 2.34. The van der Waals surface area contributed by atoms with Crippen LogP contribution >= 0.6 is 0 Å². The van der Waals surface area contributed by atoms with E-state index in [0.29, 0.717) is 98.0 Å². The number of carbonyl (C=O) groups is 4. The summed E-state index contributed by atoms with van der Waals surface area (Å²) in [5.74, 6) is -0.0703. The molecule has 0 saturated carbocycles. The summed E-state index contributed by atoms with van der Waals surface area (Å²) in [5, 5.41) is 2.61. The standard InChI is InChI=1S/C31H30N4O3.C31H30N4O2.C29H26N4O3.C22H21N5O2/c1-4-5-19-38-30(36)26-27-29(33-28(32-26)24-17-15-21(2)16-18-24)35(25-14-10-9-11-22(25)3)31(37)34(27)20-23-12-7-6-8-13-23;1-4-5-15-26(36)27-28-30(33-29(32-27)24-18-16-21(2)17-19-24)35(25-14-10-9-11-22(25)3)31(37)34(28)20-23-12-7-6-8-13-23;1-4-36-28(34)24-25-27(31-26(30-24)22-16-14-19(2)15-17-22)33(23-13-9-8-10-20(23)3)29(35)32(25)18-21-11-6-5-7-12-21;1-13-9-11-15(12-10-13)19-24-17(21(28)23-3)18-20(25-19)27(22(29)26(18)4)16-8-6-5-7-14(16)2/h6-18H,4-5,19-20H2,1-3H3;6-14,16-19H,4-5,15,20H2,1-3H3;5-17H,4,18H2,1-3H3;5-12H,1-4H3,(H,23,28). The van der Waals surface area contributed by atoms with Crippen molar-refractivity contribution in [3.63, 3.8) is 0 Å². The Morgan fingerprint density at radius 3 is 0.893 bits per heavy atom. The monoisotopic (exact) mass is 1860 g/mol. The lowest BCUT2D eigenvalue weighted by molar-refractivity contribution is 0.0491. The predicted octanol–water partition coefficient (Wildman–Crippen LogP) is 20.0. The SMILES string of the molecule is CCCCC(=O)c1nc(-c2ccc(C)cc2)nc2c1n(Cc1ccccc1)c(=O)n2-c1ccccc1C.CCCCOC(=O)c1nc(-c2ccc(C)cc2)nc2c1n(Cc1ccccc1)c(=O)n2-c1ccccc1C.CCOC(=O)c1nc(-c2ccc(C)cc2)nc2c1n(Cc1ccccc1)c(=O)n2-c1ccccc1C.CNC(=O)c1nc(-c2ccc(C)cc2)nc2c1n(C)c(=O)n2-c1ccccc1C. The van der Waals surface area contributed by atoms with Crippen LogP contribution in [0.1, 0.15) is 156 Å². The Kier molecular flexibility index (Phi) is 29.4. The number of unbranched alkanes of at least 4 members (excludes halogenated alkanes) is 2. The van der Waals surface area contributed by atoms with Crippen molar-refractivity contribution in [3.05, 3.63) is 411 Å². The van der Waals surface area contributed by atoms with Gasteiger partial charge in [0.05, 0.1) is 55.6 Å². The molecule has 0 aliphatic rings. The number of nitrogens with zero attached hydrogens (tertiary/aromatic N) is 16. The molecule has 8 aromatic heterocycles. The number of hydrogen-bond acceptors (Lipinski definition) is 18. The molecule has 27 nitrogen and oxygen atoms in total. The van der Waals surface area contributed by atoms with Gasteiger partial charge in [-0.1, -0.05) is 310 Å². The molecule has 0 saturated heterocycles. The first-order valence-electron chi connectivity index (χ1n) is 46.7. The molecule has 140 heavy (non-hydrogen) atoms. The Hall–Kier alpha value is -17.1. The van der Waals surface area contributed by atoms with E-state index in [-0.39, 0.29) is 77.8 Å². The number of amides is 1. The number of rotatable bonds is 25. The van der Waals surface area contributed by atoms with Gasteiger partial charge in [0.15, 0.2) is 68.8 Å². The van der Waals surface area contributed by atoms with Crippen molar-refractivity contribution in [3.8, 4) is 68.3 Å². The quantitative estimate of drug-likeness (QED) is 0.0316. The van der Waals surface area contributed by atoms with Crippen molar-refractivity contribution in [2.75, 3.05) is 20.3 Å². The maximum Gasteiger partial charge on any atom is 0.359 e. The smallest absolute Gasteiger partial charge is 0.359 e. The number of aromatic nitrogens is 16. The van der Waals surface area contributed by atoms with E-state index in [0.717, 1.165) is 121 Å². The highest BCUT2D eigenvalue weighted by molar-refractivity contribution is 6.06. The van der Waals surface area contributed by atoms with Crippen molar-refractivity contribution in [1.29, 1.82) is 0 Å². The van der Waals surface area contributed by atoms with Gasteiger partial charge >= 0.3 is 34.7 Å². The van der Waals surface area contributed by atoms with Crippen molar-refractivity contribution >= 4 is 68.3 Å². The summed E-state index contributed by atoms with van der Waals surface area (Å²) < 4.78 is 23.5. The molecule has 0 spiro atoms. The summed E-state index contributed by atoms with van der Waals surface area (Å²) in [4.78, 5) is 146. The lowest BCUT2D eigenvalue weighted by Crippen LogP contribution is -2.24. The van der Waals surface area contributed by atoms with Crippen LogP contribution in [0.5, 0.6) is 0 Å². The van der Waals surface area contributed by atoms with E-state index in [1.54, 1.807) is 41.4 Å². The zero-order valence-corrected chi connectivity index (χ0v) is 80.4. The van der Waals surface area contributed by atoms with Crippen LogP contribution < -0.4 is 28.1 Å². The second kappa shape index (κ2) is 42.9. The number of ether oxygens (including phenoxy) is 2. The first kappa shape index (κ1) is 96.0. The van der Waals surface area contributed by atoms with Gasteiger partial charge in [0.2, 0.25) is 0 Å². The molecule has 27 heteroatoms. The third-order valence-electron chi connectivity index (χ3n) is 24.3. The minimum absolute atomic E-state index is 0.0674. The summed E-state index contributed by atoms with van der Waals surface area (Å²) in [5.41, 5.74) is 19.5. The van der Waals surface area contributed by atoms with Crippen LogP contribution in [-0.4, -0.2) is 120 Å². The lowest BCUT2D eigenvalue weighted by Gasteiger charge is -2.10. The molecule has 0 bridgehead atoms. The summed E-state index contributed by atoms with van der Waals surface area (Å²) >= 11 is 0. The number of fused-ring (bicyclic) bond motifs is 4. The normalized spacial score (nSPS) is 11.1. The lowest BCUT2D eigenvalue weighted by atomic mass is 10.1. The fraction of sp³-hybridized carbons (Fsp3) is 0.204. The number of hydrogen-bond donors (Lipinski definition) is 1. The number of Topliss-reactive ketones (excluding diaryl/α,β-unsaturated/α-hetero) is 1. The molecule has 704 valence electrons. The van der Waals surface area contributed by atoms with Gasteiger partial charge in [-0.3, -0.25) is 27.9 Å². The van der Waals surface area contributed by atoms with E-state index < -0.39 is 11.9 Å². The number of carbonyl (C=O) groups excluding carboxylic acids is 4. The number of ketones is 1. The Balaban J connectivity index is 0.000000135. The van der Waals surface area contributed by atoms with E-state index >= 15 is 0 Å². The molecule has 19 aromatic rings. The molecule has 0 aliphatic heterocycles. The minimum atomic E-state index is -0.595. The molecule has 0 atom stereocenters. The molecular formula is C113H107N17O10. The Morgan fingerprint density at radius 1 is 0.307 bits per heavy atom. The first-order chi connectivity index (χ1) is 67.8. The highest BCUT2D eigenvalue weighted by atomic mass is 16.5. The molecule has 0 fully saturated rings. The number of benzene rings is 11. The fourth-order valence-corrected chi connectivity index (χ4v) is 16.7. The van der Waals surface area contributed by atoms with Crippen molar-refractivity contribution in [2.24, 2.45) is 7.05 Å². The van der Waals surface area contributed by atoms with Crippen LogP contribution in [0, 0.1) is 55.4 Å². The van der Waals surface area contributed by atoms with Gasteiger partial charge in [-0.15, -0.1) is 0 Å². The minimum Gasteiger partial charge on any atom is -0.461 e. The van der Waals surface area contributed by atoms with Crippen LogP contribution in [0.3, 0.4) is 0 Å². The van der Waals surface area contributed by atoms with Gasteiger partial charge < -0.3 is 14.8 Å². The van der Waals surface area contributed by atoms with Crippen LogP contribution in [0.4, 0.5) is 0 Å².